The average molecular weight is 419 g/mol. The van der Waals surface area contributed by atoms with Crippen LogP contribution < -0.4 is 4.90 Å². The van der Waals surface area contributed by atoms with Gasteiger partial charge in [-0.25, -0.2) is 0 Å². The molecule has 5 heteroatoms. The van der Waals surface area contributed by atoms with Gasteiger partial charge < -0.3 is 10.0 Å². The summed E-state index contributed by atoms with van der Waals surface area (Å²) < 4.78 is 1.87. The normalized spacial score (nSPS) is 11.2. The smallest absolute Gasteiger partial charge is 0.222 e. The molecule has 156 valence electrons. The van der Waals surface area contributed by atoms with Crippen molar-refractivity contribution in [2.45, 2.75) is 6.67 Å². The summed E-state index contributed by atoms with van der Waals surface area (Å²) >= 11 is 0. The summed E-state index contributed by atoms with van der Waals surface area (Å²) in [6, 6.07) is 37.7. The van der Waals surface area contributed by atoms with E-state index in [4.69, 9.17) is 0 Å². The van der Waals surface area contributed by atoms with Crippen molar-refractivity contribution in [3.8, 4) is 5.88 Å². The number of aromatic hydroxyl groups is 1. The van der Waals surface area contributed by atoms with Gasteiger partial charge in [-0.3, -0.25) is 4.57 Å². The van der Waals surface area contributed by atoms with E-state index >= 15 is 0 Å². The Morgan fingerprint density at radius 2 is 1.16 bits per heavy atom. The summed E-state index contributed by atoms with van der Waals surface area (Å²) in [5.41, 5.74) is 4.15. The molecule has 0 fully saturated rings. The second-order valence-corrected chi connectivity index (χ2v) is 7.39. The zero-order valence-corrected chi connectivity index (χ0v) is 17.4. The van der Waals surface area contributed by atoms with Gasteiger partial charge in [0.2, 0.25) is 5.88 Å². The zero-order valence-electron chi connectivity index (χ0n) is 17.4. The summed E-state index contributed by atoms with van der Waals surface area (Å²) in [6.45, 7) is 0.418. The van der Waals surface area contributed by atoms with Crippen molar-refractivity contribution in [2.75, 3.05) is 4.90 Å². The molecular weight excluding hydrogens is 396 g/mol. The minimum absolute atomic E-state index is 0.0859. The van der Waals surface area contributed by atoms with E-state index in [0.717, 1.165) is 28.0 Å². The predicted octanol–water partition coefficient (Wildman–Crippen LogP) is 7.56. The number of azo groups is 1. The lowest BCUT2D eigenvalue weighted by atomic mass is 10.2. The van der Waals surface area contributed by atoms with Gasteiger partial charge in [-0.15, -0.1) is 5.11 Å². The molecule has 0 saturated heterocycles. The second-order valence-electron chi connectivity index (χ2n) is 7.39. The Balaban J connectivity index is 1.60. The fourth-order valence-electron chi connectivity index (χ4n) is 3.79. The van der Waals surface area contributed by atoms with Crippen molar-refractivity contribution in [3.63, 3.8) is 0 Å². The predicted molar refractivity (Wildman–Crippen MR) is 129 cm³/mol. The highest BCUT2D eigenvalue weighted by Crippen LogP contribution is 2.40. The van der Waals surface area contributed by atoms with Crippen LogP contribution in [0.5, 0.6) is 5.88 Å². The van der Waals surface area contributed by atoms with Crippen molar-refractivity contribution in [1.82, 2.24) is 4.57 Å². The molecule has 0 spiro atoms. The Labute approximate surface area is 186 Å². The van der Waals surface area contributed by atoms with Gasteiger partial charge in [-0.05, 0) is 42.5 Å². The first-order valence-corrected chi connectivity index (χ1v) is 10.5. The molecular formula is C27H22N4O. The molecule has 0 saturated carbocycles. The number of hydrogen-bond acceptors (Lipinski definition) is 4. The van der Waals surface area contributed by atoms with Crippen LogP contribution in [0.25, 0.3) is 10.9 Å². The Morgan fingerprint density at radius 1 is 0.625 bits per heavy atom. The van der Waals surface area contributed by atoms with Gasteiger partial charge in [0.05, 0.1) is 11.2 Å². The molecule has 0 aliphatic heterocycles. The van der Waals surface area contributed by atoms with Crippen molar-refractivity contribution in [2.24, 2.45) is 10.2 Å². The molecule has 1 heterocycles. The van der Waals surface area contributed by atoms with Crippen LogP contribution in [0.2, 0.25) is 0 Å². The highest BCUT2D eigenvalue weighted by Gasteiger charge is 2.19. The number of rotatable bonds is 6. The fraction of sp³-hybridized carbons (Fsp3) is 0.0370. The largest absolute Gasteiger partial charge is 0.493 e. The monoisotopic (exact) mass is 418 g/mol. The number of aromatic nitrogens is 1. The average Bonchev–Trinajstić information content (AvgIpc) is 3.13. The lowest BCUT2D eigenvalue weighted by Crippen LogP contribution is -2.20. The molecule has 0 aliphatic carbocycles. The summed E-state index contributed by atoms with van der Waals surface area (Å²) in [7, 11) is 0. The van der Waals surface area contributed by atoms with E-state index in [2.05, 4.69) is 39.4 Å². The van der Waals surface area contributed by atoms with Crippen molar-refractivity contribution in [1.29, 1.82) is 0 Å². The molecule has 1 aromatic heterocycles. The van der Waals surface area contributed by atoms with Crippen LogP contribution >= 0.6 is 0 Å². The minimum Gasteiger partial charge on any atom is -0.493 e. The van der Waals surface area contributed by atoms with Gasteiger partial charge in [-0.2, -0.15) is 5.11 Å². The molecule has 0 amide bonds. The summed E-state index contributed by atoms with van der Waals surface area (Å²) in [4.78, 5) is 2.16. The summed E-state index contributed by atoms with van der Waals surface area (Å²) in [6.07, 6.45) is 0. The Bertz CT molecular complexity index is 1310. The van der Waals surface area contributed by atoms with E-state index in [-0.39, 0.29) is 5.88 Å². The van der Waals surface area contributed by atoms with E-state index in [0.29, 0.717) is 12.4 Å². The third kappa shape index (κ3) is 3.84. The number of para-hydroxylation sites is 3. The van der Waals surface area contributed by atoms with Crippen molar-refractivity contribution >= 4 is 33.7 Å². The van der Waals surface area contributed by atoms with E-state index < -0.39 is 0 Å². The molecule has 0 radical (unpaired) electrons. The van der Waals surface area contributed by atoms with Gasteiger partial charge in [0, 0.05) is 16.8 Å². The second kappa shape index (κ2) is 8.78. The van der Waals surface area contributed by atoms with Crippen molar-refractivity contribution < 1.29 is 5.11 Å². The maximum absolute atomic E-state index is 11.2. The lowest BCUT2D eigenvalue weighted by Gasteiger charge is -2.26. The number of hydrogen-bond donors (Lipinski definition) is 1. The van der Waals surface area contributed by atoms with Gasteiger partial charge >= 0.3 is 0 Å². The fourth-order valence-corrected chi connectivity index (χ4v) is 3.79. The standard InChI is InChI=1S/C27H22N4O/c32-27-26(29-28-21-12-4-1-5-13-21)24-18-10-11-19-25(24)31(27)20-30(22-14-6-2-7-15-22)23-16-8-3-9-17-23/h1-19,32H,20H2. The molecule has 0 atom stereocenters. The third-order valence-corrected chi connectivity index (χ3v) is 5.36. The first-order chi connectivity index (χ1) is 15.8. The maximum Gasteiger partial charge on any atom is 0.222 e. The molecule has 0 aliphatic rings. The quantitative estimate of drug-likeness (QED) is 0.289. The van der Waals surface area contributed by atoms with Crippen LogP contribution in [0.3, 0.4) is 0 Å². The molecule has 5 aromatic rings. The topological polar surface area (TPSA) is 53.1 Å². The Kier molecular flexibility index (Phi) is 5.37. The van der Waals surface area contributed by atoms with Gasteiger partial charge in [0.15, 0.2) is 5.69 Å². The van der Waals surface area contributed by atoms with Crippen LogP contribution in [-0.2, 0) is 6.67 Å². The maximum atomic E-state index is 11.2. The Hall–Kier alpha value is -4.38. The summed E-state index contributed by atoms with van der Waals surface area (Å²) in [5, 5.41) is 20.8. The van der Waals surface area contributed by atoms with Crippen LogP contribution in [0.15, 0.2) is 125 Å². The molecule has 4 aromatic carbocycles. The van der Waals surface area contributed by atoms with E-state index in [1.807, 2.05) is 95.6 Å². The lowest BCUT2D eigenvalue weighted by molar-refractivity contribution is 0.423. The number of anilines is 2. The molecule has 1 N–H and O–H groups in total. The van der Waals surface area contributed by atoms with Crippen molar-refractivity contribution in [3.05, 3.63) is 115 Å². The van der Waals surface area contributed by atoms with Crippen LogP contribution in [0.1, 0.15) is 0 Å². The number of benzene rings is 4. The SMILES string of the molecule is Oc1c(N=Nc2ccccc2)c2ccccc2n1CN(c1ccccc1)c1ccccc1. The Morgan fingerprint density at radius 3 is 1.78 bits per heavy atom. The molecule has 32 heavy (non-hydrogen) atoms. The molecule has 5 nitrogen and oxygen atoms in total. The zero-order chi connectivity index (χ0) is 21.8. The number of fused-ring (bicyclic) bond motifs is 1. The van der Waals surface area contributed by atoms with Crippen LogP contribution in [0.4, 0.5) is 22.7 Å². The highest BCUT2D eigenvalue weighted by molar-refractivity contribution is 5.95. The number of nitrogens with zero attached hydrogens (tertiary/aromatic N) is 4. The first-order valence-electron chi connectivity index (χ1n) is 10.5. The molecule has 0 unspecified atom stereocenters. The minimum atomic E-state index is 0.0859. The first kappa shape index (κ1) is 19.6. The van der Waals surface area contributed by atoms with Gasteiger partial charge in [-0.1, -0.05) is 72.8 Å². The summed E-state index contributed by atoms with van der Waals surface area (Å²) in [5.74, 6) is 0.0859. The van der Waals surface area contributed by atoms with Crippen LogP contribution in [0, 0.1) is 0 Å². The molecule has 0 bridgehead atoms. The van der Waals surface area contributed by atoms with Gasteiger partial charge in [0.1, 0.15) is 6.67 Å². The van der Waals surface area contributed by atoms with E-state index in [1.54, 1.807) is 0 Å². The third-order valence-electron chi connectivity index (χ3n) is 5.36. The van der Waals surface area contributed by atoms with E-state index in [9.17, 15) is 5.11 Å². The highest BCUT2D eigenvalue weighted by atomic mass is 16.3. The molecule has 5 rings (SSSR count). The van der Waals surface area contributed by atoms with Gasteiger partial charge in [0.25, 0.3) is 0 Å². The van der Waals surface area contributed by atoms with E-state index in [1.165, 1.54) is 0 Å². The van der Waals surface area contributed by atoms with Crippen LogP contribution in [-0.4, -0.2) is 9.67 Å².